The van der Waals surface area contributed by atoms with Crippen LogP contribution in [0.2, 0.25) is 0 Å². The van der Waals surface area contributed by atoms with Gasteiger partial charge in [-0.15, -0.1) is 0 Å². The molecule has 0 N–H and O–H groups in total. The van der Waals surface area contributed by atoms with Crippen LogP contribution in [0.5, 0.6) is 11.5 Å². The number of carbonyl (C=O) groups excluding carboxylic acids is 3. The van der Waals surface area contributed by atoms with Crippen molar-refractivity contribution in [1.82, 2.24) is 0 Å². The second-order valence-electron chi connectivity index (χ2n) is 6.00. The second-order valence-corrected chi connectivity index (χ2v) is 7.77. The summed E-state index contributed by atoms with van der Waals surface area (Å²) in [6.45, 7) is 2.64. The average molecular weight is 509 g/mol. The monoisotopic (exact) mass is 507 g/mol. The van der Waals surface area contributed by atoms with Gasteiger partial charge in [0.2, 0.25) is 5.91 Å². The normalized spacial score (nSPS) is 14.2. The molecular formula is C20H15Br2NO5. The highest BCUT2D eigenvalue weighted by Gasteiger charge is 2.35. The van der Waals surface area contributed by atoms with E-state index in [4.69, 9.17) is 9.47 Å². The summed E-state index contributed by atoms with van der Waals surface area (Å²) >= 11 is 6.84. The maximum absolute atomic E-state index is 12.9. The van der Waals surface area contributed by atoms with Crippen LogP contribution in [-0.2, 0) is 14.4 Å². The van der Waals surface area contributed by atoms with Crippen LogP contribution in [0.25, 0.3) is 11.6 Å². The topological polar surface area (TPSA) is 72.9 Å². The van der Waals surface area contributed by atoms with Gasteiger partial charge in [0, 0.05) is 28.4 Å². The predicted molar refractivity (Wildman–Crippen MR) is 112 cm³/mol. The number of fused-ring (bicyclic) bond motifs is 1. The number of anilines is 1. The SMILES string of the molecule is COc1cc(/C=C2/C(=O)N(C(C)=O)c3ccc(Br)cc32)c(Br)cc1OC(C)=O. The highest BCUT2D eigenvalue weighted by atomic mass is 79.9. The molecule has 0 fully saturated rings. The van der Waals surface area contributed by atoms with E-state index in [0.717, 1.165) is 9.37 Å². The van der Waals surface area contributed by atoms with E-state index in [2.05, 4.69) is 31.9 Å². The number of ether oxygens (including phenoxy) is 2. The lowest BCUT2D eigenvalue weighted by atomic mass is 10.0. The number of nitrogens with zero attached hydrogens (tertiary/aromatic N) is 1. The molecule has 0 aliphatic carbocycles. The molecule has 0 unspecified atom stereocenters. The van der Waals surface area contributed by atoms with Crippen molar-refractivity contribution in [3.8, 4) is 11.5 Å². The quantitative estimate of drug-likeness (QED) is 0.344. The third-order valence-corrected chi connectivity index (χ3v) is 5.25. The fraction of sp³-hybridized carbons (Fsp3) is 0.150. The van der Waals surface area contributed by atoms with E-state index < -0.39 is 11.9 Å². The summed E-state index contributed by atoms with van der Waals surface area (Å²) in [5.74, 6) is -0.642. The Balaban J connectivity index is 2.16. The number of hydrogen-bond acceptors (Lipinski definition) is 5. The number of imide groups is 1. The standard InChI is InChI=1S/C20H15Br2NO5/c1-10(24)23-17-5-4-13(21)8-14(17)15(20(23)26)6-12-7-18(27-3)19(9-16(12)22)28-11(2)25/h4-9H,1-3H3/b15-6+. The summed E-state index contributed by atoms with van der Waals surface area (Å²) < 4.78 is 11.8. The smallest absolute Gasteiger partial charge is 0.308 e. The summed E-state index contributed by atoms with van der Waals surface area (Å²) in [5.41, 5.74) is 2.18. The highest BCUT2D eigenvalue weighted by molar-refractivity contribution is 9.10. The van der Waals surface area contributed by atoms with Gasteiger partial charge in [-0.05, 0) is 42.0 Å². The second kappa shape index (κ2) is 7.89. The Morgan fingerprint density at radius 2 is 1.79 bits per heavy atom. The maximum Gasteiger partial charge on any atom is 0.308 e. The molecule has 1 aliphatic rings. The minimum Gasteiger partial charge on any atom is -0.493 e. The fourth-order valence-corrected chi connectivity index (χ4v) is 3.73. The Labute approximate surface area is 178 Å². The van der Waals surface area contributed by atoms with Crippen LogP contribution in [0.3, 0.4) is 0 Å². The van der Waals surface area contributed by atoms with Gasteiger partial charge in [0.25, 0.3) is 5.91 Å². The van der Waals surface area contributed by atoms with E-state index in [1.54, 1.807) is 36.4 Å². The molecule has 2 aromatic rings. The zero-order valence-corrected chi connectivity index (χ0v) is 18.4. The molecule has 0 saturated carbocycles. The van der Waals surface area contributed by atoms with E-state index in [0.29, 0.717) is 32.6 Å². The summed E-state index contributed by atoms with van der Waals surface area (Å²) in [6.07, 6.45) is 1.67. The zero-order valence-electron chi connectivity index (χ0n) is 15.2. The molecule has 0 bridgehead atoms. The highest BCUT2D eigenvalue weighted by Crippen LogP contribution is 2.41. The van der Waals surface area contributed by atoms with Gasteiger partial charge in [-0.2, -0.15) is 0 Å². The third kappa shape index (κ3) is 3.74. The average Bonchev–Trinajstić information content (AvgIpc) is 2.88. The molecule has 0 atom stereocenters. The largest absolute Gasteiger partial charge is 0.493 e. The van der Waals surface area contributed by atoms with E-state index >= 15 is 0 Å². The molecule has 0 saturated heterocycles. The Morgan fingerprint density at radius 3 is 2.39 bits per heavy atom. The van der Waals surface area contributed by atoms with Crippen molar-refractivity contribution in [3.05, 3.63) is 50.4 Å². The van der Waals surface area contributed by atoms with Gasteiger partial charge in [0.15, 0.2) is 11.5 Å². The summed E-state index contributed by atoms with van der Waals surface area (Å²) in [4.78, 5) is 37.3. The summed E-state index contributed by atoms with van der Waals surface area (Å²) in [6, 6.07) is 8.53. The van der Waals surface area contributed by atoms with E-state index in [-0.39, 0.29) is 11.7 Å². The number of amides is 2. The summed E-state index contributed by atoms with van der Waals surface area (Å²) in [5, 5.41) is 0. The number of halogens is 2. The van der Waals surface area contributed by atoms with Crippen LogP contribution in [0.4, 0.5) is 5.69 Å². The van der Waals surface area contributed by atoms with Crippen LogP contribution < -0.4 is 14.4 Å². The molecule has 0 aromatic heterocycles. The molecule has 2 amide bonds. The lowest BCUT2D eigenvalue weighted by molar-refractivity contribution is -0.132. The Kier molecular flexibility index (Phi) is 5.71. The predicted octanol–water partition coefficient (Wildman–Crippen LogP) is 4.58. The van der Waals surface area contributed by atoms with Crippen LogP contribution >= 0.6 is 31.9 Å². The molecule has 6 nitrogen and oxygen atoms in total. The first-order valence-corrected chi connectivity index (χ1v) is 9.74. The summed E-state index contributed by atoms with van der Waals surface area (Å²) in [7, 11) is 1.46. The molecule has 8 heteroatoms. The van der Waals surface area contributed by atoms with Gasteiger partial charge in [0.05, 0.1) is 18.4 Å². The fourth-order valence-electron chi connectivity index (χ4n) is 2.93. The number of rotatable bonds is 3. The van der Waals surface area contributed by atoms with Crippen molar-refractivity contribution in [2.45, 2.75) is 13.8 Å². The molecule has 3 rings (SSSR count). The number of carbonyl (C=O) groups is 3. The first-order valence-electron chi connectivity index (χ1n) is 8.15. The Morgan fingerprint density at radius 1 is 1.07 bits per heavy atom. The van der Waals surface area contributed by atoms with Gasteiger partial charge in [-0.1, -0.05) is 31.9 Å². The van der Waals surface area contributed by atoms with Crippen molar-refractivity contribution in [1.29, 1.82) is 0 Å². The zero-order chi connectivity index (χ0) is 20.6. The van der Waals surface area contributed by atoms with Gasteiger partial charge in [-0.3, -0.25) is 14.4 Å². The minimum atomic E-state index is -0.474. The van der Waals surface area contributed by atoms with Gasteiger partial charge < -0.3 is 9.47 Å². The number of methoxy groups -OCH3 is 1. The van der Waals surface area contributed by atoms with Crippen molar-refractivity contribution >= 4 is 67.0 Å². The van der Waals surface area contributed by atoms with Crippen LogP contribution in [0.15, 0.2) is 39.3 Å². The maximum atomic E-state index is 12.9. The molecule has 1 heterocycles. The first-order chi connectivity index (χ1) is 13.2. The van der Waals surface area contributed by atoms with Crippen molar-refractivity contribution < 1.29 is 23.9 Å². The molecule has 0 spiro atoms. The molecule has 144 valence electrons. The van der Waals surface area contributed by atoms with Crippen molar-refractivity contribution in [2.75, 3.05) is 12.0 Å². The van der Waals surface area contributed by atoms with Crippen LogP contribution in [0.1, 0.15) is 25.0 Å². The Bertz CT molecular complexity index is 1050. The lowest BCUT2D eigenvalue weighted by Gasteiger charge is -2.12. The van der Waals surface area contributed by atoms with Gasteiger partial charge >= 0.3 is 5.97 Å². The van der Waals surface area contributed by atoms with E-state index in [1.165, 1.54) is 21.0 Å². The third-order valence-electron chi connectivity index (χ3n) is 4.07. The van der Waals surface area contributed by atoms with Gasteiger partial charge in [0.1, 0.15) is 0 Å². The van der Waals surface area contributed by atoms with E-state index in [9.17, 15) is 14.4 Å². The molecule has 0 radical (unpaired) electrons. The van der Waals surface area contributed by atoms with Crippen LogP contribution in [-0.4, -0.2) is 24.9 Å². The number of esters is 1. The van der Waals surface area contributed by atoms with Crippen molar-refractivity contribution in [2.24, 2.45) is 0 Å². The first kappa shape index (κ1) is 20.3. The number of benzene rings is 2. The lowest BCUT2D eigenvalue weighted by Crippen LogP contribution is -2.31. The molecule has 2 aromatic carbocycles. The minimum absolute atomic E-state index is 0.260. The molecule has 1 aliphatic heterocycles. The molecular weight excluding hydrogens is 494 g/mol. The van der Waals surface area contributed by atoms with Crippen molar-refractivity contribution in [3.63, 3.8) is 0 Å². The number of hydrogen-bond donors (Lipinski definition) is 0. The van der Waals surface area contributed by atoms with E-state index in [1.807, 2.05) is 0 Å². The van der Waals surface area contributed by atoms with Crippen LogP contribution in [0, 0.1) is 0 Å². The Hall–Kier alpha value is -2.45. The molecule has 28 heavy (non-hydrogen) atoms. The van der Waals surface area contributed by atoms with Gasteiger partial charge in [-0.25, -0.2) is 4.90 Å².